The predicted molar refractivity (Wildman–Crippen MR) is 133 cm³/mol. The molecule has 0 radical (unpaired) electrons. The third-order valence-corrected chi connectivity index (χ3v) is 5.89. The number of aromatic nitrogens is 2. The standard InChI is InChI=1S/C24H24BrF2N5O3/c1-15(26)24(33)31-21-12-17-20(13-22(21)35-8-2-5-32-6-9-34-10-7-32)28-14-29-23(17)30-19-4-3-16(25)11-18(19)27/h3-4,11-14H,1-2,5-10H2,(H,31,33)(H,28,29,30). The van der Waals surface area contributed by atoms with Crippen LogP contribution >= 0.6 is 15.9 Å². The Balaban J connectivity index is 1.58. The number of carbonyl (C=O) groups excluding carboxylic acids is 1. The van der Waals surface area contributed by atoms with Gasteiger partial charge >= 0.3 is 0 Å². The van der Waals surface area contributed by atoms with E-state index in [-0.39, 0.29) is 11.4 Å². The van der Waals surface area contributed by atoms with Crippen molar-refractivity contribution in [2.24, 2.45) is 0 Å². The number of halogens is 3. The van der Waals surface area contributed by atoms with Gasteiger partial charge in [-0.15, -0.1) is 0 Å². The van der Waals surface area contributed by atoms with Gasteiger partial charge in [-0.1, -0.05) is 22.5 Å². The summed E-state index contributed by atoms with van der Waals surface area (Å²) in [4.78, 5) is 22.8. The third-order valence-electron chi connectivity index (χ3n) is 5.40. The highest BCUT2D eigenvalue weighted by atomic mass is 79.9. The van der Waals surface area contributed by atoms with Crippen LogP contribution in [-0.4, -0.2) is 60.2 Å². The monoisotopic (exact) mass is 547 g/mol. The molecule has 3 aromatic rings. The Morgan fingerprint density at radius 2 is 2.00 bits per heavy atom. The van der Waals surface area contributed by atoms with Crippen LogP contribution in [0.5, 0.6) is 5.75 Å². The molecule has 1 aliphatic heterocycles. The second kappa shape index (κ2) is 11.5. The summed E-state index contributed by atoms with van der Waals surface area (Å²) in [5.74, 6) is -1.97. The first-order valence-electron chi connectivity index (χ1n) is 11.0. The van der Waals surface area contributed by atoms with Crippen molar-refractivity contribution in [2.75, 3.05) is 50.1 Å². The minimum Gasteiger partial charge on any atom is -0.491 e. The van der Waals surface area contributed by atoms with Crippen LogP contribution in [0.15, 0.2) is 53.5 Å². The van der Waals surface area contributed by atoms with E-state index in [1.54, 1.807) is 24.3 Å². The summed E-state index contributed by atoms with van der Waals surface area (Å²) in [6, 6.07) is 7.77. The van der Waals surface area contributed by atoms with Gasteiger partial charge in [0, 0.05) is 35.6 Å². The molecule has 11 heteroatoms. The summed E-state index contributed by atoms with van der Waals surface area (Å²) in [6.07, 6.45) is 2.09. The minimum atomic E-state index is -1.14. The van der Waals surface area contributed by atoms with Crippen molar-refractivity contribution in [1.82, 2.24) is 14.9 Å². The second-order valence-electron chi connectivity index (χ2n) is 7.85. The van der Waals surface area contributed by atoms with Crippen LogP contribution in [0.1, 0.15) is 6.42 Å². The van der Waals surface area contributed by atoms with E-state index in [2.05, 4.69) is 48.0 Å². The van der Waals surface area contributed by atoms with E-state index in [0.717, 1.165) is 39.3 Å². The number of fused-ring (bicyclic) bond motifs is 1. The number of nitrogens with one attached hydrogen (secondary N) is 2. The zero-order chi connectivity index (χ0) is 24.8. The number of hydrogen-bond donors (Lipinski definition) is 2. The molecular formula is C24H24BrF2N5O3. The number of carbonyl (C=O) groups is 1. The topological polar surface area (TPSA) is 88.6 Å². The van der Waals surface area contributed by atoms with Crippen molar-refractivity contribution in [3.63, 3.8) is 0 Å². The molecule has 2 aromatic carbocycles. The first-order chi connectivity index (χ1) is 16.9. The lowest BCUT2D eigenvalue weighted by molar-refractivity contribution is -0.114. The highest BCUT2D eigenvalue weighted by Gasteiger charge is 2.16. The summed E-state index contributed by atoms with van der Waals surface area (Å²) in [7, 11) is 0. The van der Waals surface area contributed by atoms with Crippen molar-refractivity contribution < 1.29 is 23.0 Å². The molecule has 4 rings (SSSR count). The molecule has 1 aliphatic rings. The smallest absolute Gasteiger partial charge is 0.283 e. The Hall–Kier alpha value is -3.15. The van der Waals surface area contributed by atoms with Gasteiger partial charge < -0.3 is 20.1 Å². The van der Waals surface area contributed by atoms with Gasteiger partial charge in [-0.05, 0) is 30.7 Å². The normalized spacial score (nSPS) is 14.0. The van der Waals surface area contributed by atoms with Crippen LogP contribution in [0.2, 0.25) is 0 Å². The Labute approximate surface area is 209 Å². The summed E-state index contributed by atoms with van der Waals surface area (Å²) in [6.45, 7) is 7.45. The molecule has 0 atom stereocenters. The summed E-state index contributed by atoms with van der Waals surface area (Å²) in [5, 5.41) is 5.90. The van der Waals surface area contributed by atoms with E-state index >= 15 is 0 Å². The van der Waals surface area contributed by atoms with Crippen LogP contribution in [0.3, 0.4) is 0 Å². The number of hydrogen-bond acceptors (Lipinski definition) is 7. The molecule has 0 spiro atoms. The minimum absolute atomic E-state index is 0.208. The van der Waals surface area contributed by atoms with Gasteiger partial charge in [-0.2, -0.15) is 0 Å². The Kier molecular flexibility index (Phi) is 8.21. The van der Waals surface area contributed by atoms with E-state index in [1.807, 2.05) is 0 Å². The maximum atomic E-state index is 14.4. The molecule has 1 aromatic heterocycles. The number of nitrogens with zero attached hydrogens (tertiary/aromatic N) is 3. The van der Waals surface area contributed by atoms with Gasteiger partial charge in [0.15, 0.2) is 5.83 Å². The fraction of sp³-hybridized carbons (Fsp3) is 0.292. The van der Waals surface area contributed by atoms with Crippen LogP contribution in [0, 0.1) is 5.82 Å². The Morgan fingerprint density at radius 1 is 1.20 bits per heavy atom. The van der Waals surface area contributed by atoms with Gasteiger partial charge in [-0.3, -0.25) is 9.69 Å². The fourth-order valence-corrected chi connectivity index (χ4v) is 3.94. The lowest BCUT2D eigenvalue weighted by Gasteiger charge is -2.26. The van der Waals surface area contributed by atoms with Crippen LogP contribution < -0.4 is 15.4 Å². The quantitative estimate of drug-likeness (QED) is 0.294. The first-order valence-corrected chi connectivity index (χ1v) is 11.8. The van der Waals surface area contributed by atoms with Crippen LogP contribution in [0.4, 0.5) is 26.0 Å². The molecule has 1 fully saturated rings. The third kappa shape index (κ3) is 6.50. The number of morpholine rings is 1. The molecule has 35 heavy (non-hydrogen) atoms. The summed E-state index contributed by atoms with van der Waals surface area (Å²) < 4.78 is 39.7. The van der Waals surface area contributed by atoms with E-state index in [9.17, 15) is 13.6 Å². The van der Waals surface area contributed by atoms with Crippen molar-refractivity contribution >= 4 is 49.9 Å². The average molecular weight is 548 g/mol. The lowest BCUT2D eigenvalue weighted by Crippen LogP contribution is -2.37. The van der Waals surface area contributed by atoms with Crippen molar-refractivity contribution in [3.8, 4) is 5.75 Å². The maximum Gasteiger partial charge on any atom is 0.283 e. The number of anilines is 3. The summed E-state index contributed by atoms with van der Waals surface area (Å²) in [5.41, 5.74) is 0.932. The van der Waals surface area contributed by atoms with Gasteiger partial charge in [0.2, 0.25) is 0 Å². The van der Waals surface area contributed by atoms with Gasteiger partial charge in [0.05, 0.1) is 36.7 Å². The molecule has 2 heterocycles. The summed E-state index contributed by atoms with van der Waals surface area (Å²) >= 11 is 3.23. The number of ether oxygens (including phenoxy) is 2. The molecule has 1 saturated heterocycles. The van der Waals surface area contributed by atoms with Crippen molar-refractivity contribution in [2.45, 2.75) is 6.42 Å². The Bertz CT molecular complexity index is 1240. The molecule has 8 nitrogen and oxygen atoms in total. The van der Waals surface area contributed by atoms with E-state index in [1.165, 1.54) is 12.4 Å². The Morgan fingerprint density at radius 3 is 2.74 bits per heavy atom. The zero-order valence-electron chi connectivity index (χ0n) is 18.8. The average Bonchev–Trinajstić information content (AvgIpc) is 2.84. The largest absolute Gasteiger partial charge is 0.491 e. The highest BCUT2D eigenvalue weighted by molar-refractivity contribution is 9.10. The van der Waals surface area contributed by atoms with Gasteiger partial charge in [0.25, 0.3) is 5.91 Å². The highest BCUT2D eigenvalue weighted by Crippen LogP contribution is 2.34. The SMILES string of the molecule is C=C(F)C(=O)Nc1cc2c(Nc3ccc(Br)cc3F)ncnc2cc1OCCCN1CCOCC1. The molecule has 184 valence electrons. The van der Waals surface area contributed by atoms with Crippen LogP contribution in [-0.2, 0) is 9.53 Å². The van der Waals surface area contributed by atoms with Crippen LogP contribution in [0.25, 0.3) is 10.9 Å². The van der Waals surface area contributed by atoms with Crippen molar-refractivity contribution in [3.05, 3.63) is 59.4 Å². The molecule has 0 saturated carbocycles. The molecule has 0 aliphatic carbocycles. The van der Waals surface area contributed by atoms with Gasteiger partial charge in [0.1, 0.15) is 23.7 Å². The molecule has 1 amide bonds. The lowest BCUT2D eigenvalue weighted by atomic mass is 10.1. The molecule has 2 N–H and O–H groups in total. The molecule has 0 unspecified atom stereocenters. The predicted octanol–water partition coefficient (Wildman–Crippen LogP) is 4.80. The molecule has 0 bridgehead atoms. The van der Waals surface area contributed by atoms with E-state index in [0.29, 0.717) is 33.5 Å². The van der Waals surface area contributed by atoms with Gasteiger partial charge in [-0.25, -0.2) is 18.7 Å². The maximum absolute atomic E-state index is 14.4. The second-order valence-corrected chi connectivity index (χ2v) is 8.77. The zero-order valence-corrected chi connectivity index (χ0v) is 20.4. The van der Waals surface area contributed by atoms with E-state index in [4.69, 9.17) is 9.47 Å². The first kappa shape index (κ1) is 25.0. The van der Waals surface area contributed by atoms with E-state index < -0.39 is 17.6 Å². The fourth-order valence-electron chi connectivity index (χ4n) is 3.60. The molecular weight excluding hydrogens is 524 g/mol. The number of amides is 1. The van der Waals surface area contributed by atoms with Crippen molar-refractivity contribution in [1.29, 1.82) is 0 Å². The number of benzene rings is 2. The number of rotatable bonds is 9.